The number of hydrogen-bond donors (Lipinski definition) is 0. The maximum atomic E-state index is 12.9. The summed E-state index contributed by atoms with van der Waals surface area (Å²) in [7, 11) is 1.52. The van der Waals surface area contributed by atoms with Gasteiger partial charge in [-0.05, 0) is 43.9 Å². The summed E-state index contributed by atoms with van der Waals surface area (Å²) >= 11 is 0. The van der Waals surface area contributed by atoms with Crippen LogP contribution in [0.3, 0.4) is 0 Å². The number of unbranched alkanes of at least 4 members (excludes halogenated alkanes) is 5. The molecule has 0 heterocycles. The van der Waals surface area contributed by atoms with Crippen molar-refractivity contribution >= 4 is 11.9 Å². The van der Waals surface area contributed by atoms with E-state index >= 15 is 0 Å². The minimum absolute atomic E-state index is 0.322. The van der Waals surface area contributed by atoms with Gasteiger partial charge in [-0.1, -0.05) is 58.9 Å². The summed E-state index contributed by atoms with van der Waals surface area (Å²) in [6.07, 6.45) is 7.30. The Morgan fingerprint density at radius 1 is 0.893 bits per heavy atom. The van der Waals surface area contributed by atoms with Crippen molar-refractivity contribution in [2.75, 3.05) is 13.7 Å². The van der Waals surface area contributed by atoms with E-state index in [1.807, 2.05) is 26.8 Å². The van der Waals surface area contributed by atoms with Crippen molar-refractivity contribution in [3.8, 4) is 11.5 Å². The third kappa shape index (κ3) is 6.54. The zero-order valence-corrected chi connectivity index (χ0v) is 18.1. The minimum Gasteiger partial charge on any atom is -0.493 e. The number of esters is 2. The summed E-state index contributed by atoms with van der Waals surface area (Å²) < 4.78 is 16.3. The van der Waals surface area contributed by atoms with Crippen LogP contribution in [0.15, 0.2) is 18.2 Å². The van der Waals surface area contributed by atoms with Gasteiger partial charge in [0.2, 0.25) is 0 Å². The summed E-state index contributed by atoms with van der Waals surface area (Å²) in [5.74, 6) is -0.306. The van der Waals surface area contributed by atoms with Crippen LogP contribution >= 0.6 is 0 Å². The van der Waals surface area contributed by atoms with Crippen LogP contribution in [0.25, 0.3) is 0 Å². The van der Waals surface area contributed by atoms with Crippen LogP contribution in [0, 0.1) is 12.3 Å². The lowest BCUT2D eigenvalue weighted by Gasteiger charge is -2.27. The van der Waals surface area contributed by atoms with E-state index in [2.05, 4.69) is 6.92 Å². The molecule has 5 heteroatoms. The summed E-state index contributed by atoms with van der Waals surface area (Å²) in [6.45, 7) is 8.04. The van der Waals surface area contributed by atoms with Crippen LogP contribution in [-0.4, -0.2) is 25.7 Å². The largest absolute Gasteiger partial charge is 0.493 e. The molecule has 0 spiro atoms. The van der Waals surface area contributed by atoms with Gasteiger partial charge in [-0.15, -0.1) is 0 Å². The zero-order valence-electron chi connectivity index (χ0n) is 18.1. The molecule has 0 aliphatic heterocycles. The molecule has 0 amide bonds. The molecule has 0 saturated carbocycles. The highest BCUT2D eigenvalue weighted by atomic mass is 16.6. The standard InChI is InChI=1S/C23H36O5/c1-6-9-10-11-12-13-16-27-21(24)23(7-2,8-3)22(25)28-20-17-18(4)14-15-19(20)26-5/h14-15,17H,6-13,16H2,1-5H3. The molecule has 0 unspecified atom stereocenters. The quantitative estimate of drug-likeness (QED) is 0.189. The fourth-order valence-corrected chi connectivity index (χ4v) is 3.16. The number of methoxy groups -OCH3 is 1. The molecule has 1 aromatic carbocycles. The number of carbonyl (C=O) groups excluding carboxylic acids is 2. The average molecular weight is 393 g/mol. The van der Waals surface area contributed by atoms with Crippen LogP contribution in [0.4, 0.5) is 0 Å². The molecule has 0 N–H and O–H groups in total. The van der Waals surface area contributed by atoms with Gasteiger partial charge >= 0.3 is 11.9 Å². The fourth-order valence-electron chi connectivity index (χ4n) is 3.16. The molecule has 1 rings (SSSR count). The zero-order chi connectivity index (χ0) is 21.0. The number of aryl methyl sites for hydroxylation is 1. The molecule has 28 heavy (non-hydrogen) atoms. The Morgan fingerprint density at radius 2 is 1.54 bits per heavy atom. The summed E-state index contributed by atoms with van der Waals surface area (Å²) in [5.41, 5.74) is -0.357. The number of benzene rings is 1. The Labute approximate surface area is 169 Å². The van der Waals surface area contributed by atoms with Gasteiger partial charge in [-0.2, -0.15) is 0 Å². The highest BCUT2D eigenvalue weighted by Gasteiger charge is 2.46. The predicted molar refractivity (Wildman–Crippen MR) is 111 cm³/mol. The van der Waals surface area contributed by atoms with E-state index in [0.29, 0.717) is 30.9 Å². The Balaban J connectivity index is 2.74. The highest BCUT2D eigenvalue weighted by Crippen LogP contribution is 2.34. The second-order valence-electron chi connectivity index (χ2n) is 7.24. The van der Waals surface area contributed by atoms with Crippen molar-refractivity contribution in [1.29, 1.82) is 0 Å². The molecular formula is C23H36O5. The van der Waals surface area contributed by atoms with Crippen LogP contribution in [0.5, 0.6) is 11.5 Å². The molecule has 158 valence electrons. The van der Waals surface area contributed by atoms with Crippen LogP contribution in [0.2, 0.25) is 0 Å². The Bertz CT molecular complexity index is 619. The van der Waals surface area contributed by atoms with E-state index < -0.39 is 17.4 Å². The first-order chi connectivity index (χ1) is 13.4. The van der Waals surface area contributed by atoms with Gasteiger partial charge in [0.05, 0.1) is 13.7 Å². The number of rotatable bonds is 13. The molecule has 0 saturated heterocycles. The van der Waals surface area contributed by atoms with Crippen molar-refractivity contribution in [2.45, 2.75) is 79.1 Å². The molecule has 0 atom stereocenters. The molecule has 0 aromatic heterocycles. The van der Waals surface area contributed by atoms with Crippen LogP contribution in [-0.2, 0) is 14.3 Å². The van der Waals surface area contributed by atoms with Crippen molar-refractivity contribution < 1.29 is 23.8 Å². The lowest BCUT2D eigenvalue weighted by molar-refractivity contribution is -0.168. The SMILES string of the molecule is CCCCCCCCOC(=O)C(CC)(CC)C(=O)Oc1cc(C)ccc1OC. The lowest BCUT2D eigenvalue weighted by Crippen LogP contribution is -2.42. The van der Waals surface area contributed by atoms with Gasteiger partial charge < -0.3 is 14.2 Å². The Hall–Kier alpha value is -2.04. The topological polar surface area (TPSA) is 61.8 Å². The molecule has 0 fully saturated rings. The maximum absolute atomic E-state index is 12.9. The molecular weight excluding hydrogens is 356 g/mol. The number of ether oxygens (including phenoxy) is 3. The molecule has 0 aliphatic rings. The van der Waals surface area contributed by atoms with E-state index in [-0.39, 0.29) is 0 Å². The second kappa shape index (κ2) is 12.4. The Morgan fingerprint density at radius 3 is 2.14 bits per heavy atom. The van der Waals surface area contributed by atoms with E-state index in [0.717, 1.165) is 24.8 Å². The van der Waals surface area contributed by atoms with Gasteiger partial charge in [0.1, 0.15) is 0 Å². The summed E-state index contributed by atoms with van der Waals surface area (Å²) in [6, 6.07) is 5.35. The van der Waals surface area contributed by atoms with Crippen LogP contribution in [0.1, 0.15) is 77.7 Å². The van der Waals surface area contributed by atoms with E-state index in [4.69, 9.17) is 14.2 Å². The lowest BCUT2D eigenvalue weighted by atomic mass is 9.82. The van der Waals surface area contributed by atoms with Gasteiger partial charge in [0.25, 0.3) is 0 Å². The Kier molecular flexibility index (Phi) is 10.6. The fraction of sp³-hybridized carbons (Fsp3) is 0.652. The van der Waals surface area contributed by atoms with Gasteiger partial charge in [-0.25, -0.2) is 0 Å². The van der Waals surface area contributed by atoms with E-state index in [1.54, 1.807) is 12.1 Å². The summed E-state index contributed by atoms with van der Waals surface area (Å²) in [4.78, 5) is 25.7. The maximum Gasteiger partial charge on any atom is 0.328 e. The first-order valence-electron chi connectivity index (χ1n) is 10.5. The monoisotopic (exact) mass is 392 g/mol. The normalized spacial score (nSPS) is 11.2. The third-order valence-electron chi connectivity index (χ3n) is 5.24. The van der Waals surface area contributed by atoms with Gasteiger partial charge in [0.15, 0.2) is 16.9 Å². The first kappa shape index (κ1) is 24.0. The smallest absolute Gasteiger partial charge is 0.328 e. The number of carbonyl (C=O) groups is 2. The predicted octanol–water partition coefficient (Wildman–Crippen LogP) is 5.62. The van der Waals surface area contributed by atoms with Crippen molar-refractivity contribution in [3.05, 3.63) is 23.8 Å². The molecule has 0 radical (unpaired) electrons. The molecule has 0 bridgehead atoms. The number of hydrogen-bond acceptors (Lipinski definition) is 5. The van der Waals surface area contributed by atoms with Crippen molar-refractivity contribution in [1.82, 2.24) is 0 Å². The highest BCUT2D eigenvalue weighted by molar-refractivity contribution is 6.00. The third-order valence-corrected chi connectivity index (χ3v) is 5.24. The van der Waals surface area contributed by atoms with Gasteiger partial charge in [-0.3, -0.25) is 9.59 Å². The molecule has 0 aliphatic carbocycles. The van der Waals surface area contributed by atoms with Crippen molar-refractivity contribution in [2.24, 2.45) is 5.41 Å². The summed E-state index contributed by atoms with van der Waals surface area (Å²) in [5, 5.41) is 0. The van der Waals surface area contributed by atoms with Crippen LogP contribution < -0.4 is 9.47 Å². The minimum atomic E-state index is -1.29. The van der Waals surface area contributed by atoms with E-state index in [1.165, 1.54) is 26.4 Å². The van der Waals surface area contributed by atoms with E-state index in [9.17, 15) is 9.59 Å². The van der Waals surface area contributed by atoms with Gasteiger partial charge in [0, 0.05) is 0 Å². The second-order valence-corrected chi connectivity index (χ2v) is 7.24. The van der Waals surface area contributed by atoms with Crippen molar-refractivity contribution in [3.63, 3.8) is 0 Å². The first-order valence-corrected chi connectivity index (χ1v) is 10.5. The molecule has 5 nitrogen and oxygen atoms in total. The average Bonchev–Trinajstić information content (AvgIpc) is 2.69. The molecule has 1 aromatic rings.